The van der Waals surface area contributed by atoms with Crippen LogP contribution in [0.3, 0.4) is 0 Å². The number of hydrogen-bond acceptors (Lipinski definition) is 3. The molecule has 0 amide bonds. The highest BCUT2D eigenvalue weighted by molar-refractivity contribution is 6.05. The number of ketones is 1. The second kappa shape index (κ2) is 8.50. The normalized spacial score (nSPS) is 13.8. The van der Waals surface area contributed by atoms with Crippen LogP contribution in [0.1, 0.15) is 23.2 Å². The van der Waals surface area contributed by atoms with Crippen LogP contribution < -0.4 is 26.6 Å². The Morgan fingerprint density at radius 3 is 2.29 bits per heavy atom. The second-order valence-electron chi connectivity index (χ2n) is 5.61. The van der Waals surface area contributed by atoms with Crippen LogP contribution in [-0.4, -0.2) is 26.0 Å². The maximum absolute atomic E-state index is 12.1. The van der Waals surface area contributed by atoms with Gasteiger partial charge in [-0.2, -0.15) is 4.57 Å². The van der Waals surface area contributed by atoms with Crippen LogP contribution in [0.2, 0.25) is 0 Å². The molecule has 0 unspecified atom stereocenters. The molecule has 2 heterocycles. The predicted molar refractivity (Wildman–Crippen MR) is 90.7 cm³/mol. The lowest BCUT2D eigenvalue weighted by molar-refractivity contribution is -0.568. The van der Waals surface area contributed by atoms with Gasteiger partial charge in [-0.15, -0.1) is 0 Å². The zero-order valence-corrected chi connectivity index (χ0v) is 14.4. The quantitative estimate of drug-likeness (QED) is 0.433. The van der Waals surface area contributed by atoms with E-state index >= 15 is 0 Å². The fourth-order valence-electron chi connectivity index (χ4n) is 2.72. The molecule has 126 valence electrons. The summed E-state index contributed by atoms with van der Waals surface area (Å²) < 4.78 is 6.98. The summed E-state index contributed by atoms with van der Waals surface area (Å²) in [6.45, 7) is 2.27. The molecule has 1 aliphatic heterocycles. The smallest absolute Gasteiger partial charge is 0.191 e. The summed E-state index contributed by atoms with van der Waals surface area (Å²) in [5.74, 6) is 0.723. The largest absolute Gasteiger partial charge is 1.00 e. The molecule has 0 N–H and O–H groups in total. The molecule has 24 heavy (non-hydrogen) atoms. The average molecular weight is 345 g/mol. The van der Waals surface area contributed by atoms with Gasteiger partial charge in [-0.1, -0.05) is 0 Å². The number of carbonyl (C=O) groups excluding carboxylic acids is 1. The van der Waals surface area contributed by atoms with E-state index in [9.17, 15) is 4.79 Å². The van der Waals surface area contributed by atoms with E-state index in [-0.39, 0.29) is 18.2 Å². The number of allylic oxidation sites excluding steroid dienone is 1. The second-order valence-corrected chi connectivity index (χ2v) is 5.61. The van der Waals surface area contributed by atoms with Gasteiger partial charge in [0.2, 0.25) is 0 Å². The van der Waals surface area contributed by atoms with Crippen molar-refractivity contribution in [3.8, 4) is 5.75 Å². The summed E-state index contributed by atoms with van der Waals surface area (Å²) in [7, 11) is 1.61. The van der Waals surface area contributed by atoms with Gasteiger partial charge in [0.1, 0.15) is 5.75 Å². The van der Waals surface area contributed by atoms with E-state index in [4.69, 9.17) is 4.74 Å². The Balaban J connectivity index is 0.00000208. The lowest BCUT2D eigenvalue weighted by Crippen LogP contribution is -3.00. The first-order valence-electron chi connectivity index (χ1n) is 7.88. The number of aromatic nitrogens is 1. The van der Waals surface area contributed by atoms with E-state index in [0.717, 1.165) is 18.8 Å². The van der Waals surface area contributed by atoms with E-state index in [1.807, 2.05) is 17.0 Å². The first-order valence-corrected chi connectivity index (χ1v) is 7.88. The minimum Gasteiger partial charge on any atom is -1.00 e. The fraction of sp³-hybridized carbons (Fsp3) is 0.263. The molecule has 0 saturated carbocycles. The molecule has 0 aliphatic carbocycles. The van der Waals surface area contributed by atoms with Crippen molar-refractivity contribution in [2.24, 2.45) is 0 Å². The van der Waals surface area contributed by atoms with Gasteiger partial charge in [-0.25, -0.2) is 0 Å². The Bertz CT molecular complexity index is 690. The van der Waals surface area contributed by atoms with Crippen molar-refractivity contribution >= 4 is 17.7 Å². The van der Waals surface area contributed by atoms with E-state index < -0.39 is 0 Å². The highest BCUT2D eigenvalue weighted by Crippen LogP contribution is 2.18. The summed E-state index contributed by atoms with van der Waals surface area (Å²) in [5, 5.41) is 0. The number of benzene rings is 1. The van der Waals surface area contributed by atoms with E-state index in [2.05, 4.69) is 17.0 Å². The Morgan fingerprint density at radius 1 is 1.08 bits per heavy atom. The maximum atomic E-state index is 12.1. The van der Waals surface area contributed by atoms with Gasteiger partial charge in [0.05, 0.1) is 13.2 Å². The SMILES string of the molecule is COc1ccc(C(=O)/C=C/[n+]2ccc(N3CCCC3)cc2)cc1.[Cl-]. The molecule has 1 fully saturated rings. The molecule has 1 saturated heterocycles. The zero-order chi connectivity index (χ0) is 16.1. The molecule has 3 rings (SSSR count). The van der Waals surface area contributed by atoms with Crippen LogP contribution in [0, 0.1) is 0 Å². The predicted octanol–water partition coefficient (Wildman–Crippen LogP) is -0.0595. The van der Waals surface area contributed by atoms with Gasteiger partial charge in [0.15, 0.2) is 24.4 Å². The van der Waals surface area contributed by atoms with Crippen LogP contribution in [0.4, 0.5) is 5.69 Å². The Hall–Kier alpha value is -2.33. The van der Waals surface area contributed by atoms with Crippen molar-refractivity contribution in [1.29, 1.82) is 0 Å². The molecular formula is C19H21ClN2O2. The molecular weight excluding hydrogens is 324 g/mol. The van der Waals surface area contributed by atoms with Crippen LogP contribution in [0.25, 0.3) is 6.20 Å². The zero-order valence-electron chi connectivity index (χ0n) is 13.7. The van der Waals surface area contributed by atoms with Crippen LogP contribution in [-0.2, 0) is 0 Å². The molecule has 4 nitrogen and oxygen atoms in total. The number of pyridine rings is 1. The van der Waals surface area contributed by atoms with E-state index in [0.29, 0.717) is 5.56 Å². The molecule has 2 aromatic rings. The highest BCUT2D eigenvalue weighted by atomic mass is 35.5. The van der Waals surface area contributed by atoms with E-state index in [1.54, 1.807) is 43.7 Å². The third-order valence-electron chi connectivity index (χ3n) is 4.08. The number of rotatable bonds is 5. The van der Waals surface area contributed by atoms with E-state index in [1.165, 1.54) is 18.5 Å². The number of anilines is 1. The molecule has 0 atom stereocenters. The lowest BCUT2D eigenvalue weighted by Gasteiger charge is -2.15. The molecule has 1 aromatic heterocycles. The Morgan fingerprint density at radius 2 is 1.71 bits per heavy atom. The standard InChI is InChI=1S/C19H21N2O2.ClH/c1-23-18-6-4-16(5-7-18)19(22)10-15-20-13-8-17(9-14-20)21-11-2-3-12-21;/h4-10,13-15H,2-3,11-12H2,1H3;1H/q+1;/p-1/b15-10+;. The summed E-state index contributed by atoms with van der Waals surface area (Å²) in [4.78, 5) is 14.5. The number of halogens is 1. The monoisotopic (exact) mass is 344 g/mol. The van der Waals surface area contributed by atoms with Crippen molar-refractivity contribution in [2.45, 2.75) is 12.8 Å². The fourth-order valence-corrected chi connectivity index (χ4v) is 2.72. The van der Waals surface area contributed by atoms with Crippen LogP contribution in [0.15, 0.2) is 54.9 Å². The van der Waals surface area contributed by atoms with Gasteiger partial charge >= 0.3 is 0 Å². The first kappa shape index (κ1) is 18.0. The van der Waals surface area contributed by atoms with Crippen LogP contribution in [0.5, 0.6) is 5.75 Å². The van der Waals surface area contributed by atoms with Gasteiger partial charge in [0, 0.05) is 36.5 Å². The van der Waals surface area contributed by atoms with Gasteiger partial charge in [0.25, 0.3) is 0 Å². The Labute approximate surface area is 148 Å². The summed E-state index contributed by atoms with van der Waals surface area (Å²) in [5.41, 5.74) is 1.89. The summed E-state index contributed by atoms with van der Waals surface area (Å²) >= 11 is 0. The lowest BCUT2D eigenvalue weighted by atomic mass is 10.1. The third-order valence-corrected chi connectivity index (χ3v) is 4.08. The summed E-state index contributed by atoms with van der Waals surface area (Å²) in [6, 6.07) is 11.3. The first-order chi connectivity index (χ1) is 11.3. The van der Waals surface area contributed by atoms with Crippen molar-refractivity contribution in [2.75, 3.05) is 25.1 Å². The average Bonchev–Trinajstić information content (AvgIpc) is 3.15. The number of methoxy groups -OCH3 is 1. The molecule has 0 bridgehead atoms. The Kier molecular flexibility index (Phi) is 6.38. The highest BCUT2D eigenvalue weighted by Gasteiger charge is 2.13. The minimum absolute atomic E-state index is 0. The molecule has 5 heteroatoms. The van der Waals surface area contributed by atoms with Crippen LogP contribution >= 0.6 is 0 Å². The molecule has 1 aliphatic rings. The maximum Gasteiger partial charge on any atom is 0.191 e. The van der Waals surface area contributed by atoms with Gasteiger partial charge in [-0.05, 0) is 37.1 Å². The number of nitrogens with zero attached hydrogens (tertiary/aromatic N) is 2. The van der Waals surface area contributed by atoms with Crippen molar-refractivity contribution in [3.05, 3.63) is 60.4 Å². The summed E-state index contributed by atoms with van der Waals surface area (Å²) in [6.07, 6.45) is 9.85. The number of ether oxygens (including phenoxy) is 1. The number of carbonyl (C=O) groups is 1. The van der Waals surface area contributed by atoms with Crippen molar-refractivity contribution < 1.29 is 26.5 Å². The van der Waals surface area contributed by atoms with Crippen molar-refractivity contribution in [1.82, 2.24) is 0 Å². The molecule has 0 radical (unpaired) electrons. The topological polar surface area (TPSA) is 33.4 Å². The van der Waals surface area contributed by atoms with Gasteiger partial charge in [-0.3, -0.25) is 4.79 Å². The third kappa shape index (κ3) is 4.36. The number of hydrogen-bond donors (Lipinski definition) is 0. The van der Waals surface area contributed by atoms with Crippen molar-refractivity contribution in [3.63, 3.8) is 0 Å². The van der Waals surface area contributed by atoms with Gasteiger partial charge < -0.3 is 22.0 Å². The molecule has 1 aromatic carbocycles. The molecule has 0 spiro atoms. The minimum atomic E-state index is -0.0243.